The lowest BCUT2D eigenvalue weighted by Crippen LogP contribution is -2.35. The summed E-state index contributed by atoms with van der Waals surface area (Å²) in [6.07, 6.45) is 3.69. The Morgan fingerprint density at radius 2 is 1.78 bits per heavy atom. The molecule has 4 rings (SSSR count). The summed E-state index contributed by atoms with van der Waals surface area (Å²) >= 11 is 0. The number of hydrogen-bond acceptors (Lipinski definition) is 8. The summed E-state index contributed by atoms with van der Waals surface area (Å²) in [5.74, 6) is 1.36. The second kappa shape index (κ2) is 10.9. The van der Waals surface area contributed by atoms with Gasteiger partial charge in [-0.3, -0.25) is 4.79 Å². The molecule has 2 unspecified atom stereocenters. The molecule has 0 N–H and O–H groups in total. The van der Waals surface area contributed by atoms with Crippen molar-refractivity contribution < 1.29 is 36.9 Å². The van der Waals surface area contributed by atoms with E-state index in [-0.39, 0.29) is 24.0 Å². The lowest BCUT2D eigenvalue weighted by Gasteiger charge is -2.30. The summed E-state index contributed by atoms with van der Waals surface area (Å²) in [7, 11) is 1.23. The monoisotopic (exact) mass is 531 g/mol. The van der Waals surface area contributed by atoms with Gasteiger partial charge in [0.1, 0.15) is 21.9 Å². The summed E-state index contributed by atoms with van der Waals surface area (Å²) in [6.45, 7) is 0.705. The standard InChI is InChI=1S/C27H33NO8S/c1-32-21-11-10-20(24(33-2)25(21)34-3)26(29)28-14-12-27(18-28,13-15-37(4,30)31)22-17-35-23(36-22)16-19-8-6-5-7-9-19/h5-11,17,23H,12-16,18H2,1-4H3. The van der Waals surface area contributed by atoms with E-state index in [9.17, 15) is 13.2 Å². The van der Waals surface area contributed by atoms with Crippen LogP contribution in [0.2, 0.25) is 0 Å². The van der Waals surface area contributed by atoms with Crippen molar-refractivity contribution in [1.82, 2.24) is 4.90 Å². The third-order valence-corrected chi connectivity index (χ3v) is 7.83. The van der Waals surface area contributed by atoms with Crippen molar-refractivity contribution >= 4 is 15.7 Å². The van der Waals surface area contributed by atoms with E-state index in [2.05, 4.69) is 0 Å². The molecule has 0 saturated carbocycles. The van der Waals surface area contributed by atoms with E-state index in [1.54, 1.807) is 23.3 Å². The van der Waals surface area contributed by atoms with Crippen LogP contribution in [0, 0.1) is 5.41 Å². The third-order valence-electron chi connectivity index (χ3n) is 6.88. The van der Waals surface area contributed by atoms with Crippen LogP contribution >= 0.6 is 0 Å². The quantitative estimate of drug-likeness (QED) is 0.460. The van der Waals surface area contributed by atoms with E-state index in [0.717, 1.165) is 5.56 Å². The second-order valence-electron chi connectivity index (χ2n) is 9.37. The minimum Gasteiger partial charge on any atom is -0.493 e. The fourth-order valence-corrected chi connectivity index (χ4v) is 5.64. The van der Waals surface area contributed by atoms with Crippen LogP contribution in [0.15, 0.2) is 54.5 Å². The van der Waals surface area contributed by atoms with Gasteiger partial charge >= 0.3 is 0 Å². The number of nitrogens with zero attached hydrogens (tertiary/aromatic N) is 1. The van der Waals surface area contributed by atoms with Crippen molar-refractivity contribution in [3.05, 3.63) is 65.6 Å². The fraction of sp³-hybridized carbons (Fsp3) is 0.444. The Balaban J connectivity index is 1.57. The highest BCUT2D eigenvalue weighted by atomic mass is 32.2. The van der Waals surface area contributed by atoms with Gasteiger partial charge in [-0.15, -0.1) is 0 Å². The van der Waals surface area contributed by atoms with Gasteiger partial charge in [-0.2, -0.15) is 0 Å². The zero-order valence-electron chi connectivity index (χ0n) is 21.6. The smallest absolute Gasteiger partial charge is 0.257 e. The highest BCUT2D eigenvalue weighted by Crippen LogP contribution is 2.46. The van der Waals surface area contributed by atoms with Gasteiger partial charge in [0.15, 0.2) is 11.5 Å². The van der Waals surface area contributed by atoms with Crippen molar-refractivity contribution in [2.75, 3.05) is 46.4 Å². The first-order chi connectivity index (χ1) is 17.7. The third kappa shape index (κ3) is 5.79. The van der Waals surface area contributed by atoms with Crippen LogP contribution in [0.3, 0.4) is 0 Å². The van der Waals surface area contributed by atoms with E-state index in [1.165, 1.54) is 27.6 Å². The van der Waals surface area contributed by atoms with Gasteiger partial charge in [-0.1, -0.05) is 30.3 Å². The molecule has 2 aliphatic rings. The van der Waals surface area contributed by atoms with Gasteiger partial charge < -0.3 is 28.6 Å². The van der Waals surface area contributed by atoms with Gasteiger partial charge in [0, 0.05) is 25.8 Å². The zero-order valence-corrected chi connectivity index (χ0v) is 22.4. The summed E-state index contributed by atoms with van der Waals surface area (Å²) < 4.78 is 52.5. The molecule has 2 atom stereocenters. The number of hydrogen-bond donors (Lipinski definition) is 0. The normalized spacial score (nSPS) is 21.1. The van der Waals surface area contributed by atoms with Crippen LogP contribution in [-0.2, 0) is 25.7 Å². The summed E-state index contributed by atoms with van der Waals surface area (Å²) in [5, 5.41) is 0. The molecule has 0 spiro atoms. The first kappa shape index (κ1) is 26.7. The summed E-state index contributed by atoms with van der Waals surface area (Å²) in [6, 6.07) is 13.1. The minimum absolute atomic E-state index is 0.0290. The number of amides is 1. The lowest BCUT2D eigenvalue weighted by atomic mass is 9.82. The Kier molecular flexibility index (Phi) is 7.87. The second-order valence-corrected chi connectivity index (χ2v) is 11.6. The molecule has 200 valence electrons. The largest absolute Gasteiger partial charge is 0.493 e. The maximum atomic E-state index is 13.6. The van der Waals surface area contributed by atoms with Crippen molar-refractivity contribution in [3.8, 4) is 17.2 Å². The molecule has 2 aromatic carbocycles. The van der Waals surface area contributed by atoms with Gasteiger partial charge in [-0.05, 0) is 30.5 Å². The van der Waals surface area contributed by atoms with Crippen LogP contribution in [0.25, 0.3) is 0 Å². The predicted molar refractivity (Wildman–Crippen MR) is 138 cm³/mol. The van der Waals surface area contributed by atoms with Crippen molar-refractivity contribution in [3.63, 3.8) is 0 Å². The number of carbonyl (C=O) groups excluding carboxylic acids is 1. The Labute approximate surface area is 217 Å². The Bertz CT molecular complexity index is 1260. The Morgan fingerprint density at radius 3 is 2.43 bits per heavy atom. The zero-order chi connectivity index (χ0) is 26.6. The van der Waals surface area contributed by atoms with E-state index in [4.69, 9.17) is 23.7 Å². The van der Waals surface area contributed by atoms with Crippen LogP contribution in [-0.4, -0.2) is 71.9 Å². The number of benzene rings is 2. The van der Waals surface area contributed by atoms with Crippen molar-refractivity contribution in [2.24, 2.45) is 5.41 Å². The van der Waals surface area contributed by atoms with Crippen molar-refractivity contribution in [2.45, 2.75) is 25.6 Å². The van der Waals surface area contributed by atoms with E-state index in [1.807, 2.05) is 30.3 Å². The summed E-state index contributed by atoms with van der Waals surface area (Å²) in [5.41, 5.74) is 0.711. The van der Waals surface area contributed by atoms with Crippen molar-refractivity contribution in [1.29, 1.82) is 0 Å². The van der Waals surface area contributed by atoms with Gasteiger partial charge in [0.25, 0.3) is 5.91 Å². The molecule has 0 bridgehead atoms. The predicted octanol–water partition coefficient (Wildman–Crippen LogP) is 3.44. The van der Waals surface area contributed by atoms with Crippen LogP contribution in [0.1, 0.15) is 28.8 Å². The number of rotatable bonds is 10. The fourth-order valence-electron chi connectivity index (χ4n) is 4.88. The molecule has 10 heteroatoms. The van der Waals surface area contributed by atoms with Crippen LogP contribution in [0.4, 0.5) is 0 Å². The molecular weight excluding hydrogens is 498 g/mol. The Hall–Kier alpha value is -3.40. The SMILES string of the molecule is COc1ccc(C(=O)N2CCC(CCS(C)(=O)=O)(C3=COC(Cc4ccccc4)O3)C2)c(OC)c1OC. The molecule has 2 aromatic rings. The molecule has 37 heavy (non-hydrogen) atoms. The lowest BCUT2D eigenvalue weighted by molar-refractivity contribution is -0.0440. The van der Waals surface area contributed by atoms with E-state index < -0.39 is 21.5 Å². The average Bonchev–Trinajstić information content (AvgIpc) is 3.54. The molecule has 9 nitrogen and oxygen atoms in total. The van der Waals surface area contributed by atoms with E-state index >= 15 is 0 Å². The van der Waals surface area contributed by atoms with Gasteiger partial charge in [0.2, 0.25) is 12.0 Å². The van der Waals surface area contributed by atoms with Crippen LogP contribution < -0.4 is 14.2 Å². The molecule has 1 saturated heterocycles. The molecule has 1 fully saturated rings. The number of methoxy groups -OCH3 is 3. The summed E-state index contributed by atoms with van der Waals surface area (Å²) in [4.78, 5) is 15.3. The first-order valence-electron chi connectivity index (χ1n) is 12.0. The van der Waals surface area contributed by atoms with Gasteiger partial charge in [0.05, 0.1) is 38.1 Å². The molecule has 0 aromatic heterocycles. The maximum absolute atomic E-state index is 13.6. The van der Waals surface area contributed by atoms with E-state index in [0.29, 0.717) is 48.6 Å². The molecule has 2 heterocycles. The Morgan fingerprint density at radius 1 is 1.05 bits per heavy atom. The average molecular weight is 532 g/mol. The molecule has 2 aliphatic heterocycles. The minimum atomic E-state index is -3.24. The molecule has 1 amide bonds. The first-order valence-corrected chi connectivity index (χ1v) is 14.1. The van der Waals surface area contributed by atoms with Crippen LogP contribution in [0.5, 0.6) is 17.2 Å². The number of sulfone groups is 1. The molecular formula is C27H33NO8S. The molecule has 0 aliphatic carbocycles. The topological polar surface area (TPSA) is 101 Å². The number of likely N-dealkylation sites (tertiary alicyclic amines) is 1. The maximum Gasteiger partial charge on any atom is 0.257 e. The highest BCUT2D eigenvalue weighted by Gasteiger charge is 2.47. The highest BCUT2D eigenvalue weighted by molar-refractivity contribution is 7.90. The molecule has 0 radical (unpaired) electrons. The number of carbonyl (C=O) groups is 1. The van der Waals surface area contributed by atoms with Gasteiger partial charge in [-0.25, -0.2) is 8.42 Å². The number of ether oxygens (including phenoxy) is 5.